The summed E-state index contributed by atoms with van der Waals surface area (Å²) >= 11 is 0. The molecule has 0 bridgehead atoms. The third-order valence-electron chi connectivity index (χ3n) is 5.19. The Hall–Kier alpha value is -1.53. The second-order valence-electron chi connectivity index (χ2n) is 6.73. The average molecular weight is 338 g/mol. The summed E-state index contributed by atoms with van der Waals surface area (Å²) in [5, 5.41) is 9.99. The molecular weight excluding hydrogens is 314 g/mol. The molecule has 1 aromatic rings. The van der Waals surface area contributed by atoms with Crippen LogP contribution in [-0.4, -0.2) is 59.1 Å². The summed E-state index contributed by atoms with van der Waals surface area (Å²) in [7, 11) is 0. The van der Waals surface area contributed by atoms with E-state index < -0.39 is 11.6 Å². The highest BCUT2D eigenvalue weighted by Crippen LogP contribution is 2.25. The van der Waals surface area contributed by atoms with Crippen molar-refractivity contribution in [3.8, 4) is 0 Å². The number of halogens is 2. The maximum atomic E-state index is 13.2. The molecule has 1 amide bonds. The van der Waals surface area contributed by atoms with Crippen LogP contribution in [0.25, 0.3) is 0 Å². The van der Waals surface area contributed by atoms with Crippen LogP contribution in [0.15, 0.2) is 18.2 Å². The Morgan fingerprint density at radius 1 is 1.12 bits per heavy atom. The van der Waals surface area contributed by atoms with Gasteiger partial charge in [-0.05, 0) is 43.4 Å². The lowest BCUT2D eigenvalue weighted by Gasteiger charge is -2.39. The SMILES string of the molecule is O=C(CCc1ccc(F)c(F)c1)N1CCN([C@H]2CCC[C@H]2O)CC1. The molecular formula is C18H24F2N2O2. The molecule has 1 aromatic carbocycles. The van der Waals surface area contributed by atoms with Gasteiger partial charge in [-0.1, -0.05) is 6.07 Å². The molecule has 4 nitrogen and oxygen atoms in total. The average Bonchev–Trinajstić information content (AvgIpc) is 3.02. The number of amides is 1. The molecule has 0 unspecified atom stereocenters. The van der Waals surface area contributed by atoms with Crippen LogP contribution in [-0.2, 0) is 11.2 Å². The first-order valence-corrected chi connectivity index (χ1v) is 8.68. The first-order valence-electron chi connectivity index (χ1n) is 8.68. The van der Waals surface area contributed by atoms with Gasteiger partial charge in [0.2, 0.25) is 5.91 Å². The number of piperazine rings is 1. The Morgan fingerprint density at radius 2 is 1.88 bits per heavy atom. The molecule has 2 atom stereocenters. The highest BCUT2D eigenvalue weighted by atomic mass is 19.2. The van der Waals surface area contributed by atoms with Crippen molar-refractivity contribution in [2.45, 2.75) is 44.2 Å². The van der Waals surface area contributed by atoms with Gasteiger partial charge in [-0.15, -0.1) is 0 Å². The van der Waals surface area contributed by atoms with Crippen LogP contribution in [0.4, 0.5) is 8.78 Å². The van der Waals surface area contributed by atoms with Gasteiger partial charge < -0.3 is 10.0 Å². The van der Waals surface area contributed by atoms with Crippen LogP contribution in [0.1, 0.15) is 31.2 Å². The third-order valence-corrected chi connectivity index (χ3v) is 5.19. The zero-order valence-electron chi connectivity index (χ0n) is 13.8. The van der Waals surface area contributed by atoms with Gasteiger partial charge in [0.05, 0.1) is 6.10 Å². The molecule has 0 aromatic heterocycles. The Balaban J connectivity index is 1.45. The predicted molar refractivity (Wildman–Crippen MR) is 86.5 cm³/mol. The Morgan fingerprint density at radius 3 is 2.50 bits per heavy atom. The van der Waals surface area contributed by atoms with E-state index in [1.54, 1.807) is 0 Å². The third kappa shape index (κ3) is 3.92. The Labute approximate surface area is 141 Å². The maximum absolute atomic E-state index is 13.2. The van der Waals surface area contributed by atoms with Crippen LogP contribution < -0.4 is 0 Å². The van der Waals surface area contributed by atoms with E-state index in [-0.39, 0.29) is 18.1 Å². The first kappa shape index (κ1) is 17.3. The number of aryl methyl sites for hydroxylation is 1. The van der Waals surface area contributed by atoms with Gasteiger partial charge in [0.1, 0.15) is 0 Å². The highest BCUT2D eigenvalue weighted by molar-refractivity contribution is 5.76. The van der Waals surface area contributed by atoms with Crippen LogP contribution in [0.3, 0.4) is 0 Å². The lowest BCUT2D eigenvalue weighted by atomic mass is 10.1. The minimum absolute atomic E-state index is 0.0475. The lowest BCUT2D eigenvalue weighted by molar-refractivity contribution is -0.133. The molecule has 0 radical (unpaired) electrons. The number of hydrogen-bond donors (Lipinski definition) is 1. The standard InChI is InChI=1S/C18H24F2N2O2/c19-14-6-4-13(12-15(14)20)5-7-18(24)22-10-8-21(9-11-22)16-2-1-3-17(16)23/h4,6,12,16-17,23H,1-3,5,7-11H2/t16-,17+/m0/s1. The number of carbonyl (C=O) groups is 1. The molecule has 0 spiro atoms. The number of aliphatic hydroxyl groups is 1. The van der Waals surface area contributed by atoms with Crippen molar-refractivity contribution in [2.75, 3.05) is 26.2 Å². The molecule has 1 aliphatic carbocycles. The van der Waals surface area contributed by atoms with E-state index >= 15 is 0 Å². The first-order chi connectivity index (χ1) is 11.5. The molecule has 1 aliphatic heterocycles. The highest BCUT2D eigenvalue weighted by Gasteiger charge is 2.33. The monoisotopic (exact) mass is 338 g/mol. The van der Waals surface area contributed by atoms with Gasteiger partial charge in [-0.3, -0.25) is 9.69 Å². The number of hydrogen-bond acceptors (Lipinski definition) is 3. The zero-order chi connectivity index (χ0) is 17.1. The summed E-state index contributed by atoms with van der Waals surface area (Å²) in [4.78, 5) is 16.4. The largest absolute Gasteiger partial charge is 0.391 e. The molecule has 1 saturated heterocycles. The summed E-state index contributed by atoms with van der Waals surface area (Å²) in [5.41, 5.74) is 0.634. The topological polar surface area (TPSA) is 43.8 Å². The van der Waals surface area contributed by atoms with Crippen molar-refractivity contribution in [1.82, 2.24) is 9.80 Å². The number of benzene rings is 1. The fourth-order valence-corrected chi connectivity index (χ4v) is 3.75. The zero-order valence-corrected chi connectivity index (χ0v) is 13.8. The summed E-state index contributed by atoms with van der Waals surface area (Å²) in [6, 6.07) is 4.01. The van der Waals surface area contributed by atoms with Gasteiger partial charge in [0, 0.05) is 38.6 Å². The van der Waals surface area contributed by atoms with Gasteiger partial charge >= 0.3 is 0 Å². The Bertz CT molecular complexity index is 588. The number of nitrogens with zero attached hydrogens (tertiary/aromatic N) is 2. The second kappa shape index (κ2) is 7.57. The van der Waals surface area contributed by atoms with Crippen molar-refractivity contribution in [1.29, 1.82) is 0 Å². The van der Waals surface area contributed by atoms with Gasteiger partial charge in [-0.2, -0.15) is 0 Å². The maximum Gasteiger partial charge on any atom is 0.222 e. The smallest absolute Gasteiger partial charge is 0.222 e. The van der Waals surface area contributed by atoms with Crippen LogP contribution in [0.5, 0.6) is 0 Å². The summed E-state index contributed by atoms with van der Waals surface area (Å²) in [6.07, 6.45) is 3.46. The summed E-state index contributed by atoms with van der Waals surface area (Å²) in [5.74, 6) is -1.69. The van der Waals surface area contributed by atoms with Crippen LogP contribution in [0, 0.1) is 11.6 Å². The van der Waals surface area contributed by atoms with E-state index in [4.69, 9.17) is 0 Å². The molecule has 1 saturated carbocycles. The van der Waals surface area contributed by atoms with Crippen molar-refractivity contribution in [3.63, 3.8) is 0 Å². The number of aliphatic hydroxyl groups excluding tert-OH is 1. The van der Waals surface area contributed by atoms with E-state index in [1.165, 1.54) is 6.07 Å². The minimum Gasteiger partial charge on any atom is -0.391 e. The molecule has 3 rings (SSSR count). The van der Waals surface area contributed by atoms with E-state index in [9.17, 15) is 18.7 Å². The van der Waals surface area contributed by atoms with Gasteiger partial charge in [0.15, 0.2) is 11.6 Å². The fraction of sp³-hybridized carbons (Fsp3) is 0.611. The second-order valence-corrected chi connectivity index (χ2v) is 6.73. The van der Waals surface area contributed by atoms with Gasteiger partial charge in [-0.25, -0.2) is 8.78 Å². The molecule has 2 aliphatic rings. The number of carbonyl (C=O) groups excluding carboxylic acids is 1. The summed E-state index contributed by atoms with van der Waals surface area (Å²) < 4.78 is 26.1. The van der Waals surface area contributed by atoms with Crippen LogP contribution in [0.2, 0.25) is 0 Å². The fourth-order valence-electron chi connectivity index (χ4n) is 3.75. The van der Waals surface area contributed by atoms with Crippen molar-refractivity contribution in [3.05, 3.63) is 35.4 Å². The summed E-state index contributed by atoms with van der Waals surface area (Å²) in [6.45, 7) is 2.91. The quantitative estimate of drug-likeness (QED) is 0.913. The predicted octanol–water partition coefficient (Wildman–Crippen LogP) is 1.95. The molecule has 132 valence electrons. The molecule has 24 heavy (non-hydrogen) atoms. The van der Waals surface area contributed by atoms with E-state index in [0.717, 1.165) is 44.5 Å². The van der Waals surface area contributed by atoms with Crippen molar-refractivity contribution >= 4 is 5.91 Å². The van der Waals surface area contributed by atoms with Crippen molar-refractivity contribution in [2.24, 2.45) is 0 Å². The molecule has 1 heterocycles. The Kier molecular flexibility index (Phi) is 5.46. The van der Waals surface area contributed by atoms with E-state index in [1.807, 2.05) is 4.90 Å². The number of rotatable bonds is 4. The van der Waals surface area contributed by atoms with E-state index in [0.29, 0.717) is 31.5 Å². The van der Waals surface area contributed by atoms with Crippen LogP contribution >= 0.6 is 0 Å². The molecule has 6 heteroatoms. The minimum atomic E-state index is -0.872. The lowest BCUT2D eigenvalue weighted by Crippen LogP contribution is -2.53. The normalized spacial score (nSPS) is 25.2. The van der Waals surface area contributed by atoms with Gasteiger partial charge in [0.25, 0.3) is 0 Å². The van der Waals surface area contributed by atoms with Crippen molar-refractivity contribution < 1.29 is 18.7 Å². The van der Waals surface area contributed by atoms with E-state index in [2.05, 4.69) is 4.90 Å². The molecule has 2 fully saturated rings. The molecule has 1 N–H and O–H groups in total.